The maximum atomic E-state index is 13.3. The molecule has 0 unspecified atom stereocenters. The lowest BCUT2D eigenvalue weighted by Gasteiger charge is -2.33. The van der Waals surface area contributed by atoms with Gasteiger partial charge in [0.15, 0.2) is 5.78 Å². The molecule has 4 heterocycles. The van der Waals surface area contributed by atoms with Crippen LogP contribution in [-0.4, -0.2) is 85.9 Å². The number of carbonyl (C=O) groups excluding carboxylic acids is 3. The van der Waals surface area contributed by atoms with E-state index in [0.717, 1.165) is 36.8 Å². The van der Waals surface area contributed by atoms with Crippen molar-refractivity contribution in [2.75, 3.05) is 26.7 Å². The molecule has 222 valence electrons. The number of nitrogens with one attached hydrogen (secondary N) is 2. The molecular formula is C33H31N7O4. The van der Waals surface area contributed by atoms with Crippen LogP contribution in [0.4, 0.5) is 0 Å². The molecule has 1 fully saturated rings. The maximum absolute atomic E-state index is 13.3. The zero-order valence-corrected chi connectivity index (χ0v) is 24.2. The summed E-state index contributed by atoms with van der Waals surface area (Å²) in [6.07, 6.45) is 6.32. The second-order valence-electron chi connectivity index (χ2n) is 11.7. The van der Waals surface area contributed by atoms with Gasteiger partial charge in [-0.15, -0.1) is 0 Å². The average Bonchev–Trinajstić information content (AvgIpc) is 3.69. The normalized spacial score (nSPS) is 18.5. The van der Waals surface area contributed by atoms with Gasteiger partial charge in [-0.25, -0.2) is 4.98 Å². The van der Waals surface area contributed by atoms with Crippen LogP contribution in [0.1, 0.15) is 51.4 Å². The fraction of sp³-hybridized carbons (Fsp3) is 0.303. The molecule has 0 saturated carbocycles. The Hall–Kier alpha value is -5.05. The molecule has 1 atom stereocenters. The van der Waals surface area contributed by atoms with Gasteiger partial charge in [-0.05, 0) is 69.4 Å². The third-order valence-electron chi connectivity index (χ3n) is 8.82. The minimum absolute atomic E-state index is 0.118. The number of fused-ring (bicyclic) bond motifs is 3. The number of aliphatic hydroxyl groups is 1. The molecule has 2 aromatic carbocycles. The van der Waals surface area contributed by atoms with Crippen molar-refractivity contribution in [1.82, 2.24) is 29.7 Å². The van der Waals surface area contributed by atoms with Crippen LogP contribution in [0.3, 0.4) is 0 Å². The van der Waals surface area contributed by atoms with E-state index in [-0.39, 0.29) is 36.6 Å². The number of Topliss-reactive ketones (excluding diaryl/α,β-unsaturated/α-hetero) is 1. The van der Waals surface area contributed by atoms with E-state index in [1.807, 2.05) is 36.0 Å². The van der Waals surface area contributed by atoms with Gasteiger partial charge in [0.25, 0.3) is 11.8 Å². The summed E-state index contributed by atoms with van der Waals surface area (Å²) in [4.78, 5) is 51.3. The third kappa shape index (κ3) is 4.69. The number of nitriles is 1. The number of imidazole rings is 1. The second-order valence-corrected chi connectivity index (χ2v) is 11.7. The number of aliphatic hydroxyl groups excluding tert-OH is 1. The number of ketones is 1. The van der Waals surface area contributed by atoms with Gasteiger partial charge in [0.1, 0.15) is 5.82 Å². The van der Waals surface area contributed by atoms with E-state index in [9.17, 15) is 24.8 Å². The highest BCUT2D eigenvalue weighted by Gasteiger charge is 2.41. The van der Waals surface area contributed by atoms with E-state index in [1.165, 1.54) is 4.90 Å². The van der Waals surface area contributed by atoms with Gasteiger partial charge in [0.05, 0.1) is 52.0 Å². The zero-order chi connectivity index (χ0) is 30.5. The van der Waals surface area contributed by atoms with Crippen molar-refractivity contribution < 1.29 is 19.5 Å². The van der Waals surface area contributed by atoms with Crippen molar-refractivity contribution in [3.63, 3.8) is 0 Å². The van der Waals surface area contributed by atoms with Crippen LogP contribution in [0, 0.1) is 11.3 Å². The summed E-state index contributed by atoms with van der Waals surface area (Å²) >= 11 is 0. The lowest BCUT2D eigenvalue weighted by molar-refractivity contribution is -0.113. The highest BCUT2D eigenvalue weighted by molar-refractivity contribution is 6.24. The number of aromatic amines is 1. The summed E-state index contributed by atoms with van der Waals surface area (Å²) in [7, 11) is 2.04. The Morgan fingerprint density at radius 2 is 1.91 bits per heavy atom. The number of rotatable bonds is 7. The van der Waals surface area contributed by atoms with Crippen molar-refractivity contribution in [3.05, 3.63) is 83.0 Å². The summed E-state index contributed by atoms with van der Waals surface area (Å²) in [6.45, 7) is 2.12. The number of hydrogen-bond acceptors (Lipinski definition) is 8. The van der Waals surface area contributed by atoms with Gasteiger partial charge in [-0.1, -0.05) is 12.1 Å². The number of aromatic nitrogens is 3. The number of nitrogens with zero attached hydrogens (tertiary/aromatic N) is 5. The SMILES string of the molecule is CN1CCC(N2C(=O)c3cc4nc(C5=C(NC[C@@H](O)Cn6ccc7c(C#N)cccc76)C=CCC5=O)[nH]c4cc3C2=O)CC1. The van der Waals surface area contributed by atoms with Gasteiger partial charge >= 0.3 is 0 Å². The molecule has 44 heavy (non-hydrogen) atoms. The molecule has 1 saturated heterocycles. The highest BCUT2D eigenvalue weighted by Crippen LogP contribution is 2.32. The minimum Gasteiger partial charge on any atom is -0.389 e. The van der Waals surface area contributed by atoms with Gasteiger partial charge < -0.3 is 24.9 Å². The smallest absolute Gasteiger partial charge is 0.261 e. The van der Waals surface area contributed by atoms with Crippen molar-refractivity contribution >= 4 is 45.1 Å². The van der Waals surface area contributed by atoms with Gasteiger partial charge in [0, 0.05) is 41.8 Å². The van der Waals surface area contributed by atoms with E-state index >= 15 is 0 Å². The fourth-order valence-electron chi connectivity index (χ4n) is 6.49. The second kappa shape index (κ2) is 10.9. The number of carbonyl (C=O) groups is 3. The van der Waals surface area contributed by atoms with Gasteiger partial charge in [-0.3, -0.25) is 19.3 Å². The van der Waals surface area contributed by atoms with E-state index < -0.39 is 6.10 Å². The van der Waals surface area contributed by atoms with Crippen molar-refractivity contribution in [1.29, 1.82) is 5.26 Å². The zero-order valence-electron chi connectivity index (χ0n) is 24.2. The Kier molecular flexibility index (Phi) is 6.88. The molecular weight excluding hydrogens is 558 g/mol. The lowest BCUT2D eigenvalue weighted by atomic mass is 10.00. The minimum atomic E-state index is -0.793. The first-order valence-corrected chi connectivity index (χ1v) is 14.8. The van der Waals surface area contributed by atoms with E-state index in [2.05, 4.69) is 26.3 Å². The molecule has 11 nitrogen and oxygen atoms in total. The molecule has 0 bridgehead atoms. The maximum Gasteiger partial charge on any atom is 0.261 e. The molecule has 2 aliphatic heterocycles. The largest absolute Gasteiger partial charge is 0.389 e. The quantitative estimate of drug-likeness (QED) is 0.279. The molecule has 7 rings (SSSR count). The standard InChI is InChI=1S/C33H31N7O4/c1-38-11-8-20(9-12-38)40-32(43)23-14-26-27(15-24(23)33(40)44)37-31(36-26)30-25(5-3-7-29(30)42)35-17-21(41)18-39-13-10-22-19(16-34)4-2-6-28(22)39/h2-6,10,13-15,20-21,35,41H,7-9,11-12,17-18H2,1H3,(H,36,37)/t21-/m1/s1. The number of imide groups is 1. The van der Waals surface area contributed by atoms with Crippen LogP contribution in [0.15, 0.2) is 60.4 Å². The number of likely N-dealkylation sites (tertiary alicyclic amines) is 1. The van der Waals surface area contributed by atoms with Crippen LogP contribution >= 0.6 is 0 Å². The molecule has 1 aliphatic carbocycles. The number of allylic oxidation sites excluding steroid dienone is 3. The molecule has 3 aliphatic rings. The third-order valence-corrected chi connectivity index (χ3v) is 8.82. The molecule has 2 aromatic heterocycles. The Labute approximate surface area is 253 Å². The van der Waals surface area contributed by atoms with Gasteiger partial charge in [-0.2, -0.15) is 5.26 Å². The monoisotopic (exact) mass is 589 g/mol. The van der Waals surface area contributed by atoms with Gasteiger partial charge in [0.2, 0.25) is 0 Å². The molecule has 4 aromatic rings. The lowest BCUT2D eigenvalue weighted by Crippen LogP contribution is -2.46. The molecule has 11 heteroatoms. The van der Waals surface area contributed by atoms with Crippen molar-refractivity contribution in [2.45, 2.75) is 38.0 Å². The summed E-state index contributed by atoms with van der Waals surface area (Å²) in [5, 5.41) is 24.3. The Morgan fingerprint density at radius 1 is 1.14 bits per heavy atom. The summed E-state index contributed by atoms with van der Waals surface area (Å²) in [5.41, 5.74) is 4.06. The molecule has 3 N–H and O–H groups in total. The number of amides is 2. The number of H-pyrrole nitrogens is 1. The van der Waals surface area contributed by atoms with Crippen molar-refractivity contribution in [2.24, 2.45) is 0 Å². The first kappa shape index (κ1) is 27.8. The van der Waals surface area contributed by atoms with Crippen molar-refractivity contribution in [3.8, 4) is 6.07 Å². The predicted octanol–water partition coefficient (Wildman–Crippen LogP) is 2.97. The summed E-state index contributed by atoms with van der Waals surface area (Å²) in [6, 6.07) is 12.7. The summed E-state index contributed by atoms with van der Waals surface area (Å²) in [5.74, 6) is -0.388. The van der Waals surface area contributed by atoms with E-state index in [4.69, 9.17) is 0 Å². The van der Waals surface area contributed by atoms with Crippen LogP contribution in [0.25, 0.3) is 27.5 Å². The number of hydrogen-bond donors (Lipinski definition) is 3. The van der Waals surface area contributed by atoms with Crippen LogP contribution in [0.5, 0.6) is 0 Å². The first-order chi connectivity index (χ1) is 21.3. The van der Waals surface area contributed by atoms with Crippen LogP contribution < -0.4 is 5.32 Å². The van der Waals surface area contributed by atoms with Crippen LogP contribution in [0.2, 0.25) is 0 Å². The highest BCUT2D eigenvalue weighted by atomic mass is 16.3. The Balaban J connectivity index is 1.12. The molecule has 0 spiro atoms. The molecule has 0 radical (unpaired) electrons. The fourth-order valence-corrected chi connectivity index (χ4v) is 6.49. The molecule has 2 amide bonds. The Bertz CT molecular complexity index is 1900. The predicted molar refractivity (Wildman–Crippen MR) is 163 cm³/mol. The summed E-state index contributed by atoms with van der Waals surface area (Å²) < 4.78 is 1.90. The number of piperidine rings is 1. The van der Waals surface area contributed by atoms with Crippen LogP contribution in [-0.2, 0) is 11.3 Å². The number of benzene rings is 2. The first-order valence-electron chi connectivity index (χ1n) is 14.8. The van der Waals surface area contributed by atoms with E-state index in [0.29, 0.717) is 51.4 Å². The Morgan fingerprint density at radius 3 is 2.68 bits per heavy atom. The average molecular weight is 590 g/mol. The van der Waals surface area contributed by atoms with E-state index in [1.54, 1.807) is 30.4 Å². The topological polar surface area (TPSA) is 147 Å².